The van der Waals surface area contributed by atoms with E-state index in [2.05, 4.69) is 21.6 Å². The fraction of sp³-hybridized carbons (Fsp3) is 0.222. The van der Waals surface area contributed by atoms with Gasteiger partial charge < -0.3 is 5.32 Å². The molecule has 0 spiro atoms. The molecule has 2 aromatic heterocycles. The standard InChI is InChI=1S/C18H18N6O/c19-10-4-5-11-23-12-9-17(22-23)20-18(25)14-15-8-13-24(21-15)16-6-2-1-3-7-16/h1-3,6-9,12-13H,4-5,11,14H2,(H,20,22,25). The highest BCUT2D eigenvalue weighted by Gasteiger charge is 2.09. The molecule has 7 nitrogen and oxygen atoms in total. The summed E-state index contributed by atoms with van der Waals surface area (Å²) in [6.07, 6.45) is 5.04. The summed E-state index contributed by atoms with van der Waals surface area (Å²) in [5, 5.41) is 20.0. The summed E-state index contributed by atoms with van der Waals surface area (Å²) in [5.74, 6) is 0.338. The number of nitrogens with zero attached hydrogens (tertiary/aromatic N) is 5. The predicted octanol–water partition coefficient (Wildman–Crippen LogP) is 2.55. The van der Waals surface area contributed by atoms with Crippen LogP contribution in [0.25, 0.3) is 5.69 Å². The number of carbonyl (C=O) groups excluding carboxylic acids is 1. The van der Waals surface area contributed by atoms with E-state index in [9.17, 15) is 4.79 Å². The summed E-state index contributed by atoms with van der Waals surface area (Å²) >= 11 is 0. The van der Waals surface area contributed by atoms with Crippen LogP contribution in [0.4, 0.5) is 5.82 Å². The highest BCUT2D eigenvalue weighted by Crippen LogP contribution is 2.09. The lowest BCUT2D eigenvalue weighted by Gasteiger charge is -2.02. The van der Waals surface area contributed by atoms with Gasteiger partial charge in [0, 0.05) is 31.4 Å². The van der Waals surface area contributed by atoms with Crippen LogP contribution in [0.1, 0.15) is 18.5 Å². The largest absolute Gasteiger partial charge is 0.309 e. The van der Waals surface area contributed by atoms with Gasteiger partial charge in [0.2, 0.25) is 5.91 Å². The molecule has 3 aromatic rings. The highest BCUT2D eigenvalue weighted by atomic mass is 16.1. The van der Waals surface area contributed by atoms with Gasteiger partial charge in [-0.25, -0.2) is 4.68 Å². The number of carbonyl (C=O) groups is 1. The Labute approximate surface area is 145 Å². The Balaban J connectivity index is 1.55. The van der Waals surface area contributed by atoms with Gasteiger partial charge in [-0.2, -0.15) is 15.5 Å². The van der Waals surface area contributed by atoms with E-state index < -0.39 is 0 Å². The van der Waals surface area contributed by atoms with E-state index in [0.29, 0.717) is 24.5 Å². The molecule has 1 aromatic carbocycles. The first-order valence-corrected chi connectivity index (χ1v) is 8.05. The topological polar surface area (TPSA) is 88.5 Å². The predicted molar refractivity (Wildman–Crippen MR) is 93.0 cm³/mol. The summed E-state index contributed by atoms with van der Waals surface area (Å²) in [5.41, 5.74) is 1.64. The highest BCUT2D eigenvalue weighted by molar-refractivity contribution is 5.91. The molecule has 126 valence electrons. The zero-order chi connectivity index (χ0) is 17.5. The lowest BCUT2D eigenvalue weighted by molar-refractivity contribution is -0.115. The van der Waals surface area contributed by atoms with Gasteiger partial charge in [0.1, 0.15) is 0 Å². The van der Waals surface area contributed by atoms with Crippen LogP contribution in [-0.4, -0.2) is 25.5 Å². The van der Waals surface area contributed by atoms with Gasteiger partial charge in [-0.3, -0.25) is 9.48 Å². The molecule has 1 amide bonds. The smallest absolute Gasteiger partial charge is 0.231 e. The fourth-order valence-corrected chi connectivity index (χ4v) is 2.41. The number of aryl methyl sites for hydroxylation is 1. The maximum Gasteiger partial charge on any atom is 0.231 e. The van der Waals surface area contributed by atoms with E-state index in [1.165, 1.54) is 0 Å². The van der Waals surface area contributed by atoms with E-state index in [1.54, 1.807) is 21.6 Å². The first-order chi connectivity index (χ1) is 12.2. The normalized spacial score (nSPS) is 10.4. The summed E-state index contributed by atoms with van der Waals surface area (Å²) in [6.45, 7) is 0.658. The lowest BCUT2D eigenvalue weighted by atomic mass is 10.3. The molecule has 1 N–H and O–H groups in total. The van der Waals surface area contributed by atoms with Crippen LogP contribution in [-0.2, 0) is 17.8 Å². The van der Waals surface area contributed by atoms with Crippen LogP contribution < -0.4 is 5.32 Å². The van der Waals surface area contributed by atoms with Crippen molar-refractivity contribution in [3.63, 3.8) is 0 Å². The molecule has 0 bridgehead atoms. The van der Waals surface area contributed by atoms with E-state index in [0.717, 1.165) is 12.1 Å². The van der Waals surface area contributed by atoms with Gasteiger partial charge in [-0.15, -0.1) is 0 Å². The van der Waals surface area contributed by atoms with E-state index in [1.807, 2.05) is 42.6 Å². The third-order valence-corrected chi connectivity index (χ3v) is 3.59. The van der Waals surface area contributed by atoms with Crippen molar-refractivity contribution in [3.05, 3.63) is 60.6 Å². The Hall–Kier alpha value is -3.40. The average molecular weight is 334 g/mol. The van der Waals surface area contributed by atoms with Crippen LogP contribution in [0.2, 0.25) is 0 Å². The molecule has 0 saturated heterocycles. The Morgan fingerprint density at radius 2 is 1.96 bits per heavy atom. The molecule has 0 unspecified atom stereocenters. The van der Waals surface area contributed by atoms with Gasteiger partial charge in [0.25, 0.3) is 0 Å². The molecule has 3 rings (SSSR count). The molecular formula is C18H18N6O. The molecule has 0 aliphatic carbocycles. The molecule has 0 atom stereocenters. The molecule has 0 aliphatic heterocycles. The maximum absolute atomic E-state index is 12.1. The Morgan fingerprint density at radius 3 is 2.76 bits per heavy atom. The summed E-state index contributed by atoms with van der Waals surface area (Å²) < 4.78 is 3.46. The second-order valence-electron chi connectivity index (χ2n) is 5.54. The second-order valence-corrected chi connectivity index (χ2v) is 5.54. The van der Waals surface area contributed by atoms with Crippen LogP contribution in [0, 0.1) is 11.3 Å². The Kier molecular flexibility index (Phi) is 5.22. The van der Waals surface area contributed by atoms with Crippen molar-refractivity contribution in [1.82, 2.24) is 19.6 Å². The first-order valence-electron chi connectivity index (χ1n) is 8.05. The fourth-order valence-electron chi connectivity index (χ4n) is 2.41. The molecule has 0 saturated carbocycles. The molecule has 25 heavy (non-hydrogen) atoms. The molecule has 7 heteroatoms. The zero-order valence-electron chi connectivity index (χ0n) is 13.7. The number of para-hydroxylation sites is 1. The van der Waals surface area contributed by atoms with Crippen molar-refractivity contribution < 1.29 is 4.79 Å². The average Bonchev–Trinajstić information content (AvgIpc) is 3.26. The third-order valence-electron chi connectivity index (χ3n) is 3.59. The Morgan fingerprint density at radius 1 is 1.12 bits per heavy atom. The van der Waals surface area contributed by atoms with Gasteiger partial charge in [-0.05, 0) is 24.6 Å². The molecule has 0 aliphatic rings. The van der Waals surface area contributed by atoms with Crippen molar-refractivity contribution in [1.29, 1.82) is 5.26 Å². The van der Waals surface area contributed by atoms with Crippen LogP contribution in [0.3, 0.4) is 0 Å². The van der Waals surface area contributed by atoms with Crippen molar-refractivity contribution in [2.45, 2.75) is 25.8 Å². The number of anilines is 1. The number of amides is 1. The van der Waals surface area contributed by atoms with Gasteiger partial charge in [-0.1, -0.05) is 18.2 Å². The summed E-state index contributed by atoms with van der Waals surface area (Å²) in [6, 6.07) is 15.4. The number of nitriles is 1. The minimum absolute atomic E-state index is 0.166. The van der Waals surface area contributed by atoms with Crippen molar-refractivity contribution in [3.8, 4) is 11.8 Å². The van der Waals surface area contributed by atoms with Crippen LogP contribution >= 0.6 is 0 Å². The SMILES string of the molecule is N#CCCCn1ccc(NC(=O)Cc2ccn(-c3ccccc3)n2)n1. The zero-order valence-corrected chi connectivity index (χ0v) is 13.7. The molecular weight excluding hydrogens is 316 g/mol. The summed E-state index contributed by atoms with van der Waals surface area (Å²) in [7, 11) is 0. The number of hydrogen-bond donors (Lipinski definition) is 1. The van der Waals surface area contributed by atoms with Crippen LogP contribution in [0.5, 0.6) is 0 Å². The minimum Gasteiger partial charge on any atom is -0.309 e. The third kappa shape index (κ3) is 4.54. The van der Waals surface area contributed by atoms with E-state index in [-0.39, 0.29) is 12.3 Å². The van der Waals surface area contributed by atoms with Crippen molar-refractivity contribution in [2.75, 3.05) is 5.32 Å². The second kappa shape index (κ2) is 7.93. The first kappa shape index (κ1) is 16.5. The van der Waals surface area contributed by atoms with Gasteiger partial charge >= 0.3 is 0 Å². The van der Waals surface area contributed by atoms with Crippen molar-refractivity contribution >= 4 is 11.7 Å². The molecule has 2 heterocycles. The van der Waals surface area contributed by atoms with Crippen LogP contribution in [0.15, 0.2) is 54.9 Å². The number of hydrogen-bond acceptors (Lipinski definition) is 4. The number of nitrogens with one attached hydrogen (secondary N) is 1. The molecule has 0 fully saturated rings. The van der Waals surface area contributed by atoms with Gasteiger partial charge in [0.15, 0.2) is 5.82 Å². The lowest BCUT2D eigenvalue weighted by Crippen LogP contribution is -2.15. The monoisotopic (exact) mass is 334 g/mol. The van der Waals surface area contributed by atoms with Crippen molar-refractivity contribution in [2.24, 2.45) is 0 Å². The van der Waals surface area contributed by atoms with Gasteiger partial charge in [0.05, 0.1) is 23.9 Å². The Bertz CT molecular complexity index is 874. The quantitative estimate of drug-likeness (QED) is 0.673. The van der Waals surface area contributed by atoms with E-state index in [4.69, 9.17) is 5.26 Å². The number of benzene rings is 1. The number of unbranched alkanes of at least 4 members (excludes halogenated alkanes) is 1. The minimum atomic E-state index is -0.166. The maximum atomic E-state index is 12.1. The molecule has 0 radical (unpaired) electrons. The number of rotatable bonds is 7. The van der Waals surface area contributed by atoms with E-state index >= 15 is 0 Å². The summed E-state index contributed by atoms with van der Waals surface area (Å²) in [4.78, 5) is 12.1. The number of aromatic nitrogens is 4.